The van der Waals surface area contributed by atoms with Crippen LogP contribution in [-0.2, 0) is 28.5 Å². The Hall–Kier alpha value is -1.75. The molecular formula is C21H36F3N3O9. The van der Waals surface area contributed by atoms with Crippen molar-refractivity contribution < 1.29 is 56.7 Å². The van der Waals surface area contributed by atoms with Crippen LogP contribution in [0.25, 0.3) is 0 Å². The normalized spacial score (nSPS) is 26.1. The molecule has 0 radical (unpaired) electrons. The summed E-state index contributed by atoms with van der Waals surface area (Å²) in [7, 11) is 0. The van der Waals surface area contributed by atoms with Crippen LogP contribution in [0.2, 0.25) is 0 Å². The number of urea groups is 1. The molecular weight excluding hydrogens is 495 g/mol. The monoisotopic (exact) mass is 531 g/mol. The molecule has 2 rings (SSSR count). The van der Waals surface area contributed by atoms with Gasteiger partial charge < -0.3 is 49.4 Å². The first-order valence-electron chi connectivity index (χ1n) is 11.9. The van der Waals surface area contributed by atoms with Crippen LogP contribution in [0.4, 0.5) is 18.0 Å². The van der Waals surface area contributed by atoms with Crippen LogP contribution in [0, 0.1) is 0 Å². The van der Waals surface area contributed by atoms with Gasteiger partial charge in [0.05, 0.1) is 58.4 Å². The lowest BCUT2D eigenvalue weighted by Crippen LogP contribution is -2.63. The minimum absolute atomic E-state index is 0.0704. The molecule has 2 aliphatic heterocycles. The summed E-state index contributed by atoms with van der Waals surface area (Å²) in [6.45, 7) is 5.18. The molecule has 12 nitrogen and oxygen atoms in total. The molecule has 210 valence electrons. The van der Waals surface area contributed by atoms with Crippen molar-refractivity contribution in [1.29, 1.82) is 0 Å². The summed E-state index contributed by atoms with van der Waals surface area (Å²) in [6.07, 6.45) is -10.2. The molecule has 4 N–H and O–H groups in total. The van der Waals surface area contributed by atoms with Crippen LogP contribution >= 0.6 is 0 Å². The van der Waals surface area contributed by atoms with E-state index >= 15 is 0 Å². The van der Waals surface area contributed by atoms with Gasteiger partial charge in [-0.2, -0.15) is 13.2 Å². The number of fused-ring (bicyclic) bond motifs is 1. The summed E-state index contributed by atoms with van der Waals surface area (Å²) in [4.78, 5) is 24.0. The van der Waals surface area contributed by atoms with Crippen molar-refractivity contribution in [2.75, 3.05) is 72.5 Å². The molecule has 2 heterocycles. The van der Waals surface area contributed by atoms with E-state index in [1.807, 2.05) is 6.92 Å². The molecule has 15 heteroatoms. The molecule has 2 aliphatic rings. The summed E-state index contributed by atoms with van der Waals surface area (Å²) in [5.41, 5.74) is 0. The number of aliphatic hydroxyl groups is 2. The maximum atomic E-state index is 12.8. The SMILES string of the molecule is CCOCCOCCOCCOCCNC(=O)NC[C@H]1O[C@@H]2CCN(C(=O)C(F)(F)F)[C@@H]2[C@@H](O)[C@H]1O. The van der Waals surface area contributed by atoms with Gasteiger partial charge in [0.25, 0.3) is 0 Å². The van der Waals surface area contributed by atoms with Gasteiger partial charge in [-0.25, -0.2) is 4.79 Å². The first kappa shape index (κ1) is 30.5. The Morgan fingerprint density at radius 1 is 0.944 bits per heavy atom. The van der Waals surface area contributed by atoms with Crippen LogP contribution in [0.5, 0.6) is 0 Å². The number of nitrogens with zero attached hydrogens (tertiary/aromatic N) is 1. The molecule has 0 spiro atoms. The number of hydrogen-bond acceptors (Lipinski definition) is 9. The summed E-state index contributed by atoms with van der Waals surface area (Å²) >= 11 is 0. The highest BCUT2D eigenvalue weighted by atomic mass is 19.4. The van der Waals surface area contributed by atoms with Gasteiger partial charge >= 0.3 is 18.1 Å². The standard InChI is InChI=1S/C21H36F3N3O9/c1-2-32-7-8-34-11-12-35-10-9-33-6-4-25-20(31)26-13-15-17(28)18(29)16-14(36-15)3-5-27(16)19(30)21(22,23)24/h14-18,28-29H,2-13H2,1H3,(H2,25,26,31)/t14-,15-,16+,17+,18-/m1/s1. The third kappa shape index (κ3) is 9.61. The summed E-state index contributed by atoms with van der Waals surface area (Å²) < 4.78 is 65.1. The van der Waals surface area contributed by atoms with Gasteiger partial charge in [-0.15, -0.1) is 0 Å². The number of halogens is 3. The number of ether oxygens (including phenoxy) is 5. The summed E-state index contributed by atoms with van der Waals surface area (Å²) in [5.74, 6) is -2.09. The first-order valence-corrected chi connectivity index (χ1v) is 11.9. The molecule has 0 saturated carbocycles. The molecule has 0 unspecified atom stereocenters. The van der Waals surface area contributed by atoms with Crippen molar-refractivity contribution in [3.8, 4) is 0 Å². The fourth-order valence-corrected chi connectivity index (χ4v) is 3.93. The van der Waals surface area contributed by atoms with Gasteiger partial charge in [0.1, 0.15) is 18.3 Å². The molecule has 0 aromatic heterocycles. The van der Waals surface area contributed by atoms with E-state index < -0.39 is 48.6 Å². The molecule has 0 aromatic carbocycles. The topological polar surface area (TPSA) is 148 Å². The number of amides is 3. The number of likely N-dealkylation sites (tertiary alicyclic amines) is 1. The maximum Gasteiger partial charge on any atom is 0.471 e. The average molecular weight is 532 g/mol. The van der Waals surface area contributed by atoms with Crippen LogP contribution in [-0.4, -0.2) is 136 Å². The van der Waals surface area contributed by atoms with Gasteiger partial charge in [0.15, 0.2) is 0 Å². The lowest BCUT2D eigenvalue weighted by Gasteiger charge is -2.42. The predicted molar refractivity (Wildman–Crippen MR) is 117 cm³/mol. The molecule has 3 amide bonds. The van der Waals surface area contributed by atoms with Gasteiger partial charge in [-0.1, -0.05) is 0 Å². The van der Waals surface area contributed by atoms with Gasteiger partial charge in [0, 0.05) is 26.2 Å². The van der Waals surface area contributed by atoms with E-state index in [1.165, 1.54) is 0 Å². The van der Waals surface area contributed by atoms with E-state index in [0.29, 0.717) is 51.1 Å². The minimum Gasteiger partial charge on any atom is -0.388 e. The third-order valence-electron chi connectivity index (χ3n) is 5.64. The van der Waals surface area contributed by atoms with Crippen LogP contribution in [0.3, 0.4) is 0 Å². The molecule has 0 aromatic rings. The zero-order valence-corrected chi connectivity index (χ0v) is 20.2. The van der Waals surface area contributed by atoms with Crippen molar-refractivity contribution in [3.63, 3.8) is 0 Å². The summed E-state index contributed by atoms with van der Waals surface area (Å²) in [5, 5.41) is 25.7. The van der Waals surface area contributed by atoms with Crippen molar-refractivity contribution in [2.45, 2.75) is 50.0 Å². The van der Waals surface area contributed by atoms with E-state index in [1.54, 1.807) is 0 Å². The quantitative estimate of drug-likeness (QED) is 0.196. The number of alkyl halides is 3. The minimum atomic E-state index is -5.09. The number of rotatable bonds is 15. The molecule has 2 saturated heterocycles. The van der Waals surface area contributed by atoms with E-state index in [0.717, 1.165) is 0 Å². The van der Waals surface area contributed by atoms with Crippen LogP contribution in [0.15, 0.2) is 0 Å². The number of carbonyl (C=O) groups excluding carboxylic acids is 2. The Labute approximate surface area is 207 Å². The fourth-order valence-electron chi connectivity index (χ4n) is 3.93. The fraction of sp³-hybridized carbons (Fsp3) is 0.905. The molecule has 0 bridgehead atoms. The maximum absolute atomic E-state index is 12.8. The molecule has 2 fully saturated rings. The Balaban J connectivity index is 1.55. The number of carbonyl (C=O) groups is 2. The van der Waals surface area contributed by atoms with Crippen LogP contribution in [0.1, 0.15) is 13.3 Å². The van der Waals surface area contributed by atoms with Crippen molar-refractivity contribution >= 4 is 11.9 Å². The van der Waals surface area contributed by atoms with Crippen LogP contribution < -0.4 is 10.6 Å². The van der Waals surface area contributed by atoms with E-state index in [9.17, 15) is 33.0 Å². The Kier molecular flexibility index (Phi) is 13.1. The van der Waals surface area contributed by atoms with E-state index in [-0.39, 0.29) is 32.7 Å². The molecule has 5 atom stereocenters. The lowest BCUT2D eigenvalue weighted by molar-refractivity contribution is -0.207. The largest absolute Gasteiger partial charge is 0.471 e. The highest BCUT2D eigenvalue weighted by Crippen LogP contribution is 2.34. The average Bonchev–Trinajstić information content (AvgIpc) is 3.26. The number of nitrogens with one attached hydrogen (secondary N) is 2. The molecule has 0 aliphatic carbocycles. The second kappa shape index (κ2) is 15.5. The number of hydrogen-bond donors (Lipinski definition) is 4. The highest BCUT2D eigenvalue weighted by Gasteiger charge is 2.55. The Morgan fingerprint density at radius 3 is 2.11 bits per heavy atom. The predicted octanol–water partition coefficient (Wildman–Crippen LogP) is -0.976. The van der Waals surface area contributed by atoms with E-state index in [4.69, 9.17) is 23.7 Å². The Bertz CT molecular complexity index is 674. The highest BCUT2D eigenvalue weighted by molar-refractivity contribution is 5.82. The first-order chi connectivity index (χ1) is 17.2. The second-order valence-electron chi connectivity index (χ2n) is 8.14. The van der Waals surface area contributed by atoms with Crippen molar-refractivity contribution in [1.82, 2.24) is 15.5 Å². The summed E-state index contributed by atoms with van der Waals surface area (Å²) in [6, 6.07) is -1.89. The van der Waals surface area contributed by atoms with Gasteiger partial charge in [-0.3, -0.25) is 4.79 Å². The zero-order valence-electron chi connectivity index (χ0n) is 20.2. The molecule has 36 heavy (non-hydrogen) atoms. The number of aliphatic hydroxyl groups excluding tert-OH is 2. The third-order valence-corrected chi connectivity index (χ3v) is 5.64. The van der Waals surface area contributed by atoms with E-state index in [2.05, 4.69) is 10.6 Å². The smallest absolute Gasteiger partial charge is 0.388 e. The van der Waals surface area contributed by atoms with Gasteiger partial charge in [0.2, 0.25) is 0 Å². The van der Waals surface area contributed by atoms with Crippen molar-refractivity contribution in [2.24, 2.45) is 0 Å². The zero-order chi connectivity index (χ0) is 26.6. The second-order valence-corrected chi connectivity index (χ2v) is 8.14. The Morgan fingerprint density at radius 2 is 1.53 bits per heavy atom. The lowest BCUT2D eigenvalue weighted by atomic mass is 9.93. The van der Waals surface area contributed by atoms with Crippen molar-refractivity contribution in [3.05, 3.63) is 0 Å². The van der Waals surface area contributed by atoms with Gasteiger partial charge in [-0.05, 0) is 13.3 Å².